The zero-order valence-electron chi connectivity index (χ0n) is 19.9. The maximum Gasteiger partial charge on any atom is 0.416 e. The third-order valence-electron chi connectivity index (χ3n) is 6.68. The highest BCUT2D eigenvalue weighted by Crippen LogP contribution is 2.40. The predicted octanol–water partition coefficient (Wildman–Crippen LogP) is 4.84. The van der Waals surface area contributed by atoms with E-state index in [1.807, 2.05) is 0 Å². The number of carbonyl (C=O) groups excluding carboxylic acids is 1. The minimum absolute atomic E-state index is 0.129. The van der Waals surface area contributed by atoms with Crippen molar-refractivity contribution in [3.8, 4) is 11.5 Å². The lowest BCUT2D eigenvalue weighted by atomic mass is 9.91. The van der Waals surface area contributed by atoms with Crippen LogP contribution in [0.25, 0.3) is 0 Å². The van der Waals surface area contributed by atoms with Crippen molar-refractivity contribution in [2.75, 3.05) is 26.8 Å². The number of nitrogens with zero attached hydrogens (tertiary/aromatic N) is 1. The molecule has 1 saturated heterocycles. The predicted molar refractivity (Wildman–Crippen MR) is 118 cm³/mol. The minimum atomic E-state index is -4.78. The second-order valence-electron chi connectivity index (χ2n) is 9.25. The van der Waals surface area contributed by atoms with E-state index in [4.69, 9.17) is 9.47 Å². The second kappa shape index (κ2) is 10.1. The number of halogens is 6. The standard InChI is InChI=1S/C25H25F6NO5/c1-13(23(34)35-2)22(33)14-3-6-19-20(8-14)37-21(12-36-19)16-10-32(11-16)9-15-7-17(24(26,27)28)4-5-18(15)25(29,30)31/h3-8,13,16,21-22,33H,9-12H2,1-2H3/t13-,21?,22+/m0/s1. The third-order valence-corrected chi connectivity index (χ3v) is 6.68. The van der Waals surface area contributed by atoms with Crippen molar-refractivity contribution in [1.82, 2.24) is 4.90 Å². The van der Waals surface area contributed by atoms with Crippen molar-refractivity contribution in [2.45, 2.75) is 38.0 Å². The van der Waals surface area contributed by atoms with Gasteiger partial charge in [-0.2, -0.15) is 26.3 Å². The van der Waals surface area contributed by atoms with Crippen LogP contribution in [0.15, 0.2) is 36.4 Å². The van der Waals surface area contributed by atoms with Gasteiger partial charge < -0.3 is 19.3 Å². The number of fused-ring (bicyclic) bond motifs is 1. The molecule has 0 aliphatic carbocycles. The highest BCUT2D eigenvalue weighted by atomic mass is 19.4. The molecule has 0 aromatic heterocycles. The van der Waals surface area contributed by atoms with Gasteiger partial charge in [-0.15, -0.1) is 0 Å². The number of alkyl halides is 6. The summed E-state index contributed by atoms with van der Waals surface area (Å²) in [7, 11) is 1.22. The molecule has 6 nitrogen and oxygen atoms in total. The number of rotatable bonds is 6. The minimum Gasteiger partial charge on any atom is -0.486 e. The first-order valence-electron chi connectivity index (χ1n) is 11.5. The molecule has 3 atom stereocenters. The molecule has 2 aliphatic rings. The van der Waals surface area contributed by atoms with Crippen LogP contribution in [-0.2, 0) is 28.4 Å². The Kier molecular flexibility index (Phi) is 7.35. The van der Waals surface area contributed by atoms with Gasteiger partial charge >= 0.3 is 18.3 Å². The second-order valence-corrected chi connectivity index (χ2v) is 9.25. The van der Waals surface area contributed by atoms with Crippen molar-refractivity contribution in [3.63, 3.8) is 0 Å². The summed E-state index contributed by atoms with van der Waals surface area (Å²) in [6.07, 6.45) is -11.1. The fourth-order valence-corrected chi connectivity index (χ4v) is 4.52. The first kappa shape index (κ1) is 27.1. The van der Waals surface area contributed by atoms with E-state index in [1.54, 1.807) is 23.1 Å². The molecule has 0 amide bonds. The molecule has 0 radical (unpaired) electrons. The van der Waals surface area contributed by atoms with E-state index in [-0.39, 0.29) is 19.1 Å². The smallest absolute Gasteiger partial charge is 0.416 e. The Morgan fingerprint density at radius 2 is 1.78 bits per heavy atom. The Morgan fingerprint density at radius 1 is 1.08 bits per heavy atom. The van der Waals surface area contributed by atoms with Gasteiger partial charge in [0.2, 0.25) is 0 Å². The topological polar surface area (TPSA) is 68.2 Å². The molecule has 12 heteroatoms. The summed E-state index contributed by atoms with van der Waals surface area (Å²) >= 11 is 0. The quantitative estimate of drug-likeness (QED) is 0.424. The largest absolute Gasteiger partial charge is 0.486 e. The molecule has 1 N–H and O–H groups in total. The van der Waals surface area contributed by atoms with Crippen LogP contribution >= 0.6 is 0 Å². The normalized spacial score (nSPS) is 20.2. The lowest BCUT2D eigenvalue weighted by molar-refractivity contribution is -0.148. The van der Waals surface area contributed by atoms with Gasteiger partial charge in [-0.3, -0.25) is 9.69 Å². The van der Waals surface area contributed by atoms with Gasteiger partial charge in [-0.25, -0.2) is 0 Å². The molecule has 1 unspecified atom stereocenters. The monoisotopic (exact) mass is 533 g/mol. The van der Waals surface area contributed by atoms with Crippen LogP contribution in [0.5, 0.6) is 11.5 Å². The average Bonchev–Trinajstić information content (AvgIpc) is 2.82. The van der Waals surface area contributed by atoms with E-state index in [9.17, 15) is 36.2 Å². The first-order chi connectivity index (χ1) is 17.3. The highest BCUT2D eigenvalue weighted by molar-refractivity contribution is 5.72. The SMILES string of the molecule is COC(=O)[C@@H](C)[C@@H](O)c1ccc2c(c1)OC(C1CN(Cc3cc(C(F)(F)F)ccc3C(F)(F)F)C1)CO2. The molecule has 202 valence electrons. The molecular weight excluding hydrogens is 508 g/mol. The van der Waals surface area contributed by atoms with E-state index in [2.05, 4.69) is 4.74 Å². The van der Waals surface area contributed by atoms with Gasteiger partial charge in [-0.1, -0.05) is 6.07 Å². The van der Waals surface area contributed by atoms with Gasteiger partial charge in [-0.05, 0) is 48.4 Å². The van der Waals surface area contributed by atoms with E-state index in [1.165, 1.54) is 14.0 Å². The molecule has 2 aliphatic heterocycles. The number of likely N-dealkylation sites (tertiary alicyclic amines) is 1. The first-order valence-corrected chi connectivity index (χ1v) is 11.5. The van der Waals surface area contributed by atoms with E-state index < -0.39 is 53.1 Å². The van der Waals surface area contributed by atoms with Crippen LogP contribution in [0, 0.1) is 11.8 Å². The number of ether oxygens (including phenoxy) is 3. The summed E-state index contributed by atoms with van der Waals surface area (Å²) in [5.41, 5.74) is -2.25. The highest BCUT2D eigenvalue weighted by Gasteiger charge is 2.41. The molecular formula is C25H25F6NO5. The number of aliphatic hydroxyl groups is 1. The van der Waals surface area contributed by atoms with Crippen molar-refractivity contribution in [2.24, 2.45) is 11.8 Å². The summed E-state index contributed by atoms with van der Waals surface area (Å²) in [4.78, 5) is 13.4. The Morgan fingerprint density at radius 3 is 2.41 bits per heavy atom. The number of esters is 1. The Labute approximate surface area is 208 Å². The Bertz CT molecular complexity index is 1150. The lowest BCUT2D eigenvalue weighted by Crippen LogP contribution is -2.55. The van der Waals surface area contributed by atoms with Crippen LogP contribution in [0.2, 0.25) is 0 Å². The summed E-state index contributed by atoms with van der Waals surface area (Å²) in [6, 6.07) is 6.22. The van der Waals surface area contributed by atoms with Gasteiger partial charge in [0, 0.05) is 25.6 Å². The fraction of sp³-hybridized carbons (Fsp3) is 0.480. The van der Waals surface area contributed by atoms with Crippen LogP contribution in [-0.4, -0.2) is 48.9 Å². The fourth-order valence-electron chi connectivity index (χ4n) is 4.52. The number of aliphatic hydroxyl groups excluding tert-OH is 1. The molecule has 0 spiro atoms. The van der Waals surface area contributed by atoms with Gasteiger partial charge in [0.15, 0.2) is 11.5 Å². The molecule has 0 bridgehead atoms. The molecule has 4 rings (SSSR count). The maximum absolute atomic E-state index is 13.4. The van der Waals surface area contributed by atoms with Crippen LogP contribution in [0.1, 0.15) is 35.3 Å². The molecule has 0 saturated carbocycles. The summed E-state index contributed by atoms with van der Waals surface area (Å²) in [6.45, 7) is 2.02. The van der Waals surface area contributed by atoms with Crippen LogP contribution in [0.3, 0.4) is 0 Å². The number of hydrogen-bond acceptors (Lipinski definition) is 6. The van der Waals surface area contributed by atoms with E-state index >= 15 is 0 Å². The van der Waals surface area contributed by atoms with Crippen LogP contribution < -0.4 is 9.47 Å². The maximum atomic E-state index is 13.4. The summed E-state index contributed by atoms with van der Waals surface area (Å²) in [5, 5.41) is 10.5. The van der Waals surface area contributed by atoms with E-state index in [0.29, 0.717) is 48.4 Å². The summed E-state index contributed by atoms with van der Waals surface area (Å²) in [5.74, 6) is -0.741. The zero-order chi connectivity index (χ0) is 27.1. The molecule has 2 heterocycles. The Balaban J connectivity index is 1.42. The van der Waals surface area contributed by atoms with Crippen molar-refractivity contribution in [3.05, 3.63) is 58.7 Å². The zero-order valence-corrected chi connectivity index (χ0v) is 19.9. The van der Waals surface area contributed by atoms with Gasteiger partial charge in [0.1, 0.15) is 12.7 Å². The molecule has 37 heavy (non-hydrogen) atoms. The number of carbonyl (C=O) groups is 1. The third kappa shape index (κ3) is 5.80. The molecule has 1 fully saturated rings. The number of methoxy groups -OCH3 is 1. The van der Waals surface area contributed by atoms with E-state index in [0.717, 1.165) is 0 Å². The summed E-state index contributed by atoms with van der Waals surface area (Å²) < 4.78 is 95.8. The van der Waals surface area contributed by atoms with Gasteiger partial charge in [0.25, 0.3) is 0 Å². The van der Waals surface area contributed by atoms with Crippen molar-refractivity contribution in [1.29, 1.82) is 0 Å². The van der Waals surface area contributed by atoms with Crippen molar-refractivity contribution < 1.29 is 50.5 Å². The number of benzene rings is 2. The molecule has 2 aromatic rings. The Hall–Kier alpha value is -2.99. The van der Waals surface area contributed by atoms with Crippen molar-refractivity contribution >= 4 is 5.97 Å². The lowest BCUT2D eigenvalue weighted by Gasteiger charge is -2.44. The number of hydrogen-bond donors (Lipinski definition) is 1. The average molecular weight is 533 g/mol. The van der Waals surface area contributed by atoms with Crippen LogP contribution in [0.4, 0.5) is 26.3 Å². The molecule has 2 aromatic carbocycles. The van der Waals surface area contributed by atoms with Gasteiger partial charge in [0.05, 0.1) is 30.3 Å².